The van der Waals surface area contributed by atoms with E-state index >= 15 is 0 Å². The largest absolute Gasteiger partial charge is 0.419 e. The quantitative estimate of drug-likeness (QED) is 0.667. The first-order chi connectivity index (χ1) is 12.1. The molecule has 2 aromatic carbocycles. The van der Waals surface area contributed by atoms with E-state index in [2.05, 4.69) is 6.58 Å². The van der Waals surface area contributed by atoms with E-state index in [1.165, 1.54) is 13.8 Å². The Balaban J connectivity index is 2.52. The molecular weight excluding hydrogens is 353 g/mol. The van der Waals surface area contributed by atoms with E-state index in [9.17, 15) is 18.3 Å². The van der Waals surface area contributed by atoms with Crippen molar-refractivity contribution < 1.29 is 23.0 Å². The SMILES string of the molecule is C=C(C)c1ccc2c(C(C)(C)OC(C)(C)C(C)(O)C(F)(F)F)cccc2c1. The second kappa shape index (κ2) is 6.64. The summed E-state index contributed by atoms with van der Waals surface area (Å²) in [5.74, 6) is 0. The van der Waals surface area contributed by atoms with Gasteiger partial charge in [-0.1, -0.05) is 42.5 Å². The predicted molar refractivity (Wildman–Crippen MR) is 104 cm³/mol. The summed E-state index contributed by atoms with van der Waals surface area (Å²) >= 11 is 0. The van der Waals surface area contributed by atoms with Gasteiger partial charge in [-0.15, -0.1) is 0 Å². The molecule has 148 valence electrons. The lowest BCUT2D eigenvalue weighted by atomic mass is 9.84. The molecule has 0 bridgehead atoms. The summed E-state index contributed by atoms with van der Waals surface area (Å²) in [5.41, 5.74) is -3.26. The van der Waals surface area contributed by atoms with E-state index in [0.717, 1.165) is 34.4 Å². The zero-order chi connectivity index (χ0) is 20.8. The van der Waals surface area contributed by atoms with Gasteiger partial charge in [0.05, 0.1) is 5.60 Å². The zero-order valence-corrected chi connectivity index (χ0v) is 16.7. The van der Waals surface area contributed by atoms with E-state index in [1.807, 2.05) is 43.3 Å². The van der Waals surface area contributed by atoms with Gasteiger partial charge < -0.3 is 9.84 Å². The topological polar surface area (TPSA) is 29.5 Å². The van der Waals surface area contributed by atoms with Crippen molar-refractivity contribution in [2.45, 2.75) is 64.5 Å². The van der Waals surface area contributed by atoms with Crippen molar-refractivity contribution in [1.29, 1.82) is 0 Å². The third kappa shape index (κ3) is 3.90. The third-order valence-corrected chi connectivity index (χ3v) is 5.26. The summed E-state index contributed by atoms with van der Waals surface area (Å²) in [6.45, 7) is 12.5. The van der Waals surface area contributed by atoms with Gasteiger partial charge in [0, 0.05) is 0 Å². The van der Waals surface area contributed by atoms with E-state index in [1.54, 1.807) is 13.8 Å². The highest BCUT2D eigenvalue weighted by Crippen LogP contribution is 2.44. The number of rotatable bonds is 5. The van der Waals surface area contributed by atoms with Gasteiger partial charge in [0.25, 0.3) is 0 Å². The molecule has 0 spiro atoms. The van der Waals surface area contributed by atoms with E-state index in [4.69, 9.17) is 4.74 Å². The third-order valence-electron chi connectivity index (χ3n) is 5.26. The monoisotopic (exact) mass is 380 g/mol. The number of alkyl halides is 3. The first-order valence-electron chi connectivity index (χ1n) is 8.78. The maximum Gasteiger partial charge on any atom is 0.419 e. The minimum absolute atomic E-state index is 0.741. The molecule has 1 atom stereocenters. The highest BCUT2D eigenvalue weighted by atomic mass is 19.4. The van der Waals surface area contributed by atoms with Gasteiger partial charge in [-0.2, -0.15) is 13.2 Å². The van der Waals surface area contributed by atoms with Crippen LogP contribution < -0.4 is 0 Å². The molecule has 1 unspecified atom stereocenters. The molecular formula is C22H27F3O2. The number of allylic oxidation sites excluding steroid dienone is 1. The Labute approximate surface area is 158 Å². The summed E-state index contributed by atoms with van der Waals surface area (Å²) in [6, 6.07) is 11.5. The van der Waals surface area contributed by atoms with Crippen molar-refractivity contribution in [3.05, 3.63) is 54.1 Å². The lowest BCUT2D eigenvalue weighted by Gasteiger charge is -2.45. The summed E-state index contributed by atoms with van der Waals surface area (Å²) in [7, 11) is 0. The van der Waals surface area contributed by atoms with Crippen LogP contribution in [0, 0.1) is 0 Å². The van der Waals surface area contributed by atoms with Crippen LogP contribution >= 0.6 is 0 Å². The molecule has 0 aromatic heterocycles. The molecule has 0 saturated carbocycles. The molecule has 5 heteroatoms. The molecule has 27 heavy (non-hydrogen) atoms. The predicted octanol–water partition coefficient (Wildman–Crippen LogP) is 6.22. The molecule has 0 radical (unpaired) electrons. The van der Waals surface area contributed by atoms with Crippen molar-refractivity contribution in [2.24, 2.45) is 0 Å². The molecule has 2 aromatic rings. The van der Waals surface area contributed by atoms with Crippen LogP contribution in [0.4, 0.5) is 13.2 Å². The van der Waals surface area contributed by atoms with Crippen LogP contribution in [0.25, 0.3) is 16.3 Å². The average Bonchev–Trinajstić information content (AvgIpc) is 2.51. The minimum atomic E-state index is -4.82. The number of benzene rings is 2. The Hall–Kier alpha value is -1.85. The Morgan fingerprint density at radius 2 is 1.59 bits per heavy atom. The average molecular weight is 380 g/mol. The summed E-state index contributed by atoms with van der Waals surface area (Å²) < 4.78 is 45.9. The molecule has 0 saturated heterocycles. The van der Waals surface area contributed by atoms with Gasteiger partial charge in [-0.25, -0.2) is 0 Å². The van der Waals surface area contributed by atoms with Gasteiger partial charge in [-0.05, 0) is 69.5 Å². The fraction of sp³-hybridized carbons (Fsp3) is 0.455. The molecule has 2 rings (SSSR count). The van der Waals surface area contributed by atoms with Crippen LogP contribution in [0.3, 0.4) is 0 Å². The number of ether oxygens (including phenoxy) is 1. The molecule has 2 nitrogen and oxygen atoms in total. The zero-order valence-electron chi connectivity index (χ0n) is 16.7. The fourth-order valence-corrected chi connectivity index (χ4v) is 3.21. The summed E-state index contributed by atoms with van der Waals surface area (Å²) in [4.78, 5) is 0. The Morgan fingerprint density at radius 3 is 2.11 bits per heavy atom. The van der Waals surface area contributed by atoms with Crippen molar-refractivity contribution in [3.63, 3.8) is 0 Å². The fourth-order valence-electron chi connectivity index (χ4n) is 3.21. The van der Waals surface area contributed by atoms with Gasteiger partial charge in [0.15, 0.2) is 5.60 Å². The number of halogens is 3. The van der Waals surface area contributed by atoms with Gasteiger partial charge >= 0.3 is 6.18 Å². The van der Waals surface area contributed by atoms with E-state index < -0.39 is 23.0 Å². The number of fused-ring (bicyclic) bond motifs is 1. The van der Waals surface area contributed by atoms with E-state index in [0.29, 0.717) is 0 Å². The molecule has 0 aliphatic heterocycles. The minimum Gasteiger partial charge on any atom is -0.378 e. The van der Waals surface area contributed by atoms with Crippen molar-refractivity contribution in [2.75, 3.05) is 0 Å². The van der Waals surface area contributed by atoms with Crippen LogP contribution in [0.2, 0.25) is 0 Å². The maximum absolute atomic E-state index is 13.3. The normalized spacial score (nSPS) is 15.6. The van der Waals surface area contributed by atoms with Crippen molar-refractivity contribution >= 4 is 16.3 Å². The second-order valence-electron chi connectivity index (χ2n) is 8.21. The molecule has 1 N–H and O–H groups in total. The highest BCUT2D eigenvalue weighted by molar-refractivity contribution is 5.89. The molecule has 0 amide bonds. The van der Waals surface area contributed by atoms with Crippen molar-refractivity contribution in [1.82, 2.24) is 0 Å². The van der Waals surface area contributed by atoms with Crippen LogP contribution in [0.5, 0.6) is 0 Å². The molecule has 0 aliphatic rings. The smallest absolute Gasteiger partial charge is 0.378 e. The highest BCUT2D eigenvalue weighted by Gasteiger charge is 2.61. The van der Waals surface area contributed by atoms with Crippen LogP contribution in [0.1, 0.15) is 52.7 Å². The van der Waals surface area contributed by atoms with Gasteiger partial charge in [-0.3, -0.25) is 0 Å². The summed E-state index contributed by atoms with van der Waals surface area (Å²) in [5, 5.41) is 12.0. The Bertz CT molecular complexity index is 861. The van der Waals surface area contributed by atoms with E-state index in [-0.39, 0.29) is 0 Å². The first-order valence-corrected chi connectivity index (χ1v) is 8.78. The molecule has 0 fully saturated rings. The molecule has 0 aliphatic carbocycles. The van der Waals surface area contributed by atoms with Gasteiger partial charge in [0.2, 0.25) is 0 Å². The van der Waals surface area contributed by atoms with Crippen LogP contribution in [-0.2, 0) is 10.3 Å². The maximum atomic E-state index is 13.3. The lowest BCUT2D eigenvalue weighted by molar-refractivity contribution is -0.328. The first kappa shape index (κ1) is 21.5. The summed E-state index contributed by atoms with van der Waals surface area (Å²) in [6.07, 6.45) is -4.82. The lowest BCUT2D eigenvalue weighted by Crippen LogP contribution is -2.61. The van der Waals surface area contributed by atoms with Crippen molar-refractivity contribution in [3.8, 4) is 0 Å². The van der Waals surface area contributed by atoms with Gasteiger partial charge in [0.1, 0.15) is 5.60 Å². The number of aliphatic hydroxyl groups is 1. The number of hydrogen-bond acceptors (Lipinski definition) is 2. The number of hydrogen-bond donors (Lipinski definition) is 1. The standard InChI is InChI=1S/C22H27F3O2/c1-14(2)15-11-12-17-16(13-15)9-8-10-18(17)19(3,4)27-20(5,6)21(7,26)22(23,24)25/h8-13,26H,1H2,2-7H3. The Kier molecular flexibility index (Phi) is 5.28. The van der Waals surface area contributed by atoms with Crippen LogP contribution in [0.15, 0.2) is 43.0 Å². The van der Waals surface area contributed by atoms with Crippen LogP contribution in [-0.4, -0.2) is 22.5 Å². The molecule has 0 heterocycles. The second-order valence-corrected chi connectivity index (χ2v) is 8.21. The Morgan fingerprint density at radius 1 is 1.00 bits per heavy atom.